The van der Waals surface area contributed by atoms with Crippen LogP contribution in [0.15, 0.2) is 36.4 Å². The fourth-order valence-electron chi connectivity index (χ4n) is 4.26. The molecular formula is C26H34N2+2. The van der Waals surface area contributed by atoms with Gasteiger partial charge in [0.1, 0.15) is 7.05 Å². The molecular weight excluding hydrogens is 340 g/mol. The quantitative estimate of drug-likeness (QED) is 0.590. The van der Waals surface area contributed by atoms with E-state index in [-0.39, 0.29) is 0 Å². The molecule has 0 aliphatic rings. The van der Waals surface area contributed by atoms with Crippen molar-refractivity contribution in [2.24, 2.45) is 7.05 Å². The van der Waals surface area contributed by atoms with Crippen molar-refractivity contribution in [2.45, 2.75) is 61.4 Å². The predicted molar refractivity (Wildman–Crippen MR) is 116 cm³/mol. The summed E-state index contributed by atoms with van der Waals surface area (Å²) >= 11 is 0. The Hall–Kier alpha value is -2.48. The molecule has 0 fully saturated rings. The molecule has 0 saturated heterocycles. The zero-order chi connectivity index (χ0) is 20.6. The topological polar surface area (TPSA) is 7.76 Å². The van der Waals surface area contributed by atoms with E-state index in [0.29, 0.717) is 0 Å². The van der Waals surface area contributed by atoms with Crippen LogP contribution in [0.4, 0.5) is 0 Å². The molecule has 0 N–H and O–H groups in total. The molecule has 3 aromatic rings. The zero-order valence-corrected chi connectivity index (χ0v) is 18.8. The first-order valence-electron chi connectivity index (χ1n) is 10.2. The van der Waals surface area contributed by atoms with Gasteiger partial charge in [-0.2, -0.15) is 4.57 Å². The largest absolute Gasteiger partial charge is 0.202 e. The Morgan fingerprint density at radius 1 is 0.714 bits per heavy atom. The second kappa shape index (κ2) is 7.87. The van der Waals surface area contributed by atoms with Crippen LogP contribution in [0.2, 0.25) is 0 Å². The third-order valence-electron chi connectivity index (χ3n) is 6.79. The summed E-state index contributed by atoms with van der Waals surface area (Å²) in [5.41, 5.74) is 13.9. The van der Waals surface area contributed by atoms with Crippen molar-refractivity contribution in [3.8, 4) is 0 Å². The molecule has 0 atom stereocenters. The molecule has 0 saturated carbocycles. The maximum Gasteiger partial charge on any atom is 0.181 e. The minimum absolute atomic E-state index is 0.928. The number of benzene rings is 1. The van der Waals surface area contributed by atoms with Gasteiger partial charge in [0.2, 0.25) is 0 Å². The minimum atomic E-state index is 0.928. The van der Waals surface area contributed by atoms with Crippen molar-refractivity contribution in [3.05, 3.63) is 92.6 Å². The second-order valence-corrected chi connectivity index (χ2v) is 8.23. The summed E-state index contributed by atoms with van der Waals surface area (Å²) in [6.45, 7) is 16.7. The van der Waals surface area contributed by atoms with Crippen LogP contribution in [0, 0.1) is 48.5 Å². The molecule has 2 heterocycles. The molecule has 1 aromatic carbocycles. The normalized spacial score (nSPS) is 11.1. The van der Waals surface area contributed by atoms with Gasteiger partial charge in [0.25, 0.3) is 0 Å². The standard InChI is InChI=1S/C26H34N2/c1-17-14-25(15-26-19(3)21(5)27(8)22(6)20(26)4)18(2)23(7)28(17)16-24-12-10-9-11-13-24/h9-14H,15-16H2,1-8H3/q+2. The SMILES string of the molecule is Cc1c(Cc2cc(C)[n+](Cc3ccccc3)c(C)c2C)c(C)c(C)[n+](C)c1C. The maximum absolute atomic E-state index is 2.44. The van der Waals surface area contributed by atoms with Crippen LogP contribution < -0.4 is 9.13 Å². The number of hydrogen-bond donors (Lipinski definition) is 0. The molecule has 3 rings (SSSR count). The van der Waals surface area contributed by atoms with Crippen LogP contribution in [0.3, 0.4) is 0 Å². The lowest BCUT2D eigenvalue weighted by atomic mass is 9.91. The molecule has 0 aliphatic carbocycles. The first-order chi connectivity index (χ1) is 13.2. The molecule has 0 unspecified atom stereocenters. The van der Waals surface area contributed by atoms with Crippen molar-refractivity contribution >= 4 is 0 Å². The van der Waals surface area contributed by atoms with Gasteiger partial charge in [-0.15, -0.1) is 0 Å². The van der Waals surface area contributed by atoms with Crippen LogP contribution in [0.1, 0.15) is 56.2 Å². The van der Waals surface area contributed by atoms with Crippen molar-refractivity contribution < 1.29 is 9.13 Å². The molecule has 2 aromatic heterocycles. The van der Waals surface area contributed by atoms with Crippen molar-refractivity contribution in [3.63, 3.8) is 0 Å². The lowest BCUT2D eigenvalue weighted by Gasteiger charge is -2.16. The molecule has 0 aliphatic heterocycles. The molecule has 0 radical (unpaired) electrons. The van der Waals surface area contributed by atoms with E-state index < -0.39 is 0 Å². The summed E-state index contributed by atoms with van der Waals surface area (Å²) in [6.07, 6.45) is 1.000. The summed E-state index contributed by atoms with van der Waals surface area (Å²) in [4.78, 5) is 0. The van der Waals surface area contributed by atoms with E-state index in [2.05, 4.69) is 101 Å². The van der Waals surface area contributed by atoms with Crippen LogP contribution in [0.5, 0.6) is 0 Å². The molecule has 146 valence electrons. The maximum atomic E-state index is 2.44. The lowest BCUT2D eigenvalue weighted by Crippen LogP contribution is -2.42. The predicted octanol–water partition coefficient (Wildman–Crippen LogP) is 4.60. The Balaban J connectivity index is 2.04. The lowest BCUT2D eigenvalue weighted by molar-refractivity contribution is -0.700. The van der Waals surface area contributed by atoms with E-state index in [9.17, 15) is 0 Å². The van der Waals surface area contributed by atoms with E-state index in [0.717, 1.165) is 13.0 Å². The first kappa shape index (κ1) is 20.3. The monoisotopic (exact) mass is 374 g/mol. The van der Waals surface area contributed by atoms with E-state index in [1.165, 1.54) is 56.2 Å². The van der Waals surface area contributed by atoms with Crippen LogP contribution in [0.25, 0.3) is 0 Å². The van der Waals surface area contributed by atoms with Gasteiger partial charge in [-0.25, -0.2) is 4.57 Å². The highest BCUT2D eigenvalue weighted by atomic mass is 15.0. The third-order valence-corrected chi connectivity index (χ3v) is 6.79. The van der Waals surface area contributed by atoms with Gasteiger partial charge in [0.15, 0.2) is 29.3 Å². The van der Waals surface area contributed by atoms with Gasteiger partial charge < -0.3 is 0 Å². The van der Waals surface area contributed by atoms with E-state index in [1.54, 1.807) is 0 Å². The minimum Gasteiger partial charge on any atom is -0.202 e. The first-order valence-corrected chi connectivity index (χ1v) is 10.2. The average Bonchev–Trinajstić information content (AvgIpc) is 2.70. The van der Waals surface area contributed by atoms with Gasteiger partial charge in [0.05, 0.1) is 0 Å². The highest BCUT2D eigenvalue weighted by Gasteiger charge is 2.22. The molecule has 0 spiro atoms. The number of aryl methyl sites for hydroxylation is 1. The second-order valence-electron chi connectivity index (χ2n) is 8.23. The van der Waals surface area contributed by atoms with Gasteiger partial charge in [-0.1, -0.05) is 30.3 Å². The number of hydrogen-bond acceptors (Lipinski definition) is 0. The summed E-state index contributed by atoms with van der Waals surface area (Å²) in [5.74, 6) is 0. The van der Waals surface area contributed by atoms with Crippen molar-refractivity contribution in [1.82, 2.24) is 0 Å². The molecule has 0 amide bonds. The number of nitrogens with zero attached hydrogens (tertiary/aromatic N) is 2. The summed E-state index contributed by atoms with van der Waals surface area (Å²) in [5, 5.41) is 0. The Bertz CT molecular complexity index is 1000. The smallest absolute Gasteiger partial charge is 0.181 e. The Morgan fingerprint density at radius 2 is 1.29 bits per heavy atom. The van der Waals surface area contributed by atoms with Crippen LogP contribution >= 0.6 is 0 Å². The van der Waals surface area contributed by atoms with Crippen molar-refractivity contribution in [2.75, 3.05) is 0 Å². The number of pyridine rings is 2. The molecule has 2 nitrogen and oxygen atoms in total. The van der Waals surface area contributed by atoms with Crippen LogP contribution in [-0.4, -0.2) is 0 Å². The molecule has 0 bridgehead atoms. The van der Waals surface area contributed by atoms with Gasteiger partial charge in [0, 0.05) is 56.0 Å². The van der Waals surface area contributed by atoms with E-state index in [4.69, 9.17) is 0 Å². The Kier molecular flexibility index (Phi) is 5.69. The van der Waals surface area contributed by atoms with Crippen LogP contribution in [-0.2, 0) is 20.0 Å². The number of rotatable bonds is 4. The average molecular weight is 375 g/mol. The van der Waals surface area contributed by atoms with Gasteiger partial charge in [-0.3, -0.25) is 0 Å². The Morgan fingerprint density at radius 3 is 1.86 bits per heavy atom. The highest BCUT2D eigenvalue weighted by Crippen LogP contribution is 2.24. The summed E-state index contributed by atoms with van der Waals surface area (Å²) in [7, 11) is 2.17. The fraction of sp³-hybridized carbons (Fsp3) is 0.385. The van der Waals surface area contributed by atoms with Crippen molar-refractivity contribution in [1.29, 1.82) is 0 Å². The summed E-state index contributed by atoms with van der Waals surface area (Å²) in [6, 6.07) is 13.1. The van der Waals surface area contributed by atoms with E-state index >= 15 is 0 Å². The fourth-order valence-corrected chi connectivity index (χ4v) is 4.26. The highest BCUT2D eigenvalue weighted by molar-refractivity contribution is 5.41. The van der Waals surface area contributed by atoms with E-state index in [1.807, 2.05) is 0 Å². The van der Waals surface area contributed by atoms with Gasteiger partial charge in [-0.05, 0) is 38.3 Å². The Labute approximate surface area is 170 Å². The third kappa shape index (κ3) is 3.61. The number of aromatic nitrogens is 2. The molecule has 28 heavy (non-hydrogen) atoms. The summed E-state index contributed by atoms with van der Waals surface area (Å²) < 4.78 is 4.76. The van der Waals surface area contributed by atoms with Gasteiger partial charge >= 0.3 is 0 Å². The zero-order valence-electron chi connectivity index (χ0n) is 18.8. The molecule has 2 heteroatoms.